The number of nitrogens with zero attached hydrogens (tertiary/aromatic N) is 2. The molecule has 7 heteroatoms. The van der Waals surface area contributed by atoms with E-state index in [2.05, 4.69) is 4.90 Å². The number of aliphatic hydroxyl groups is 1. The quantitative estimate of drug-likeness (QED) is 0.643. The highest BCUT2D eigenvalue weighted by Crippen LogP contribution is 2.27. The normalized spacial score (nSPS) is 20.0. The molecular formula is C27H34F2N2O3. The summed E-state index contributed by atoms with van der Waals surface area (Å²) in [6, 6.07) is 12.1. The summed E-state index contributed by atoms with van der Waals surface area (Å²) >= 11 is 0. The van der Waals surface area contributed by atoms with Gasteiger partial charge in [-0.2, -0.15) is 0 Å². The Balaban J connectivity index is 1.30. The first kappa shape index (κ1) is 24.6. The van der Waals surface area contributed by atoms with Crippen LogP contribution >= 0.6 is 0 Å². The summed E-state index contributed by atoms with van der Waals surface area (Å²) in [6.45, 7) is 6.81. The second-order valence-corrected chi connectivity index (χ2v) is 10.2. The zero-order chi connectivity index (χ0) is 24.3. The molecule has 0 spiro atoms. The smallest absolute Gasteiger partial charge is 0.256 e. The van der Waals surface area contributed by atoms with Gasteiger partial charge in [0.05, 0.1) is 18.3 Å². The maximum Gasteiger partial charge on any atom is 0.256 e. The van der Waals surface area contributed by atoms with E-state index >= 15 is 0 Å². The van der Waals surface area contributed by atoms with Crippen LogP contribution in [0.15, 0.2) is 42.5 Å². The molecular weight excluding hydrogens is 438 g/mol. The molecule has 2 heterocycles. The molecule has 2 saturated heterocycles. The van der Waals surface area contributed by atoms with Crippen molar-refractivity contribution in [3.05, 3.63) is 53.8 Å². The number of ether oxygens (including phenoxy) is 1. The molecule has 34 heavy (non-hydrogen) atoms. The van der Waals surface area contributed by atoms with Crippen molar-refractivity contribution >= 4 is 5.91 Å². The van der Waals surface area contributed by atoms with Crippen molar-refractivity contribution in [2.45, 2.75) is 44.9 Å². The molecule has 2 aromatic carbocycles. The highest BCUT2D eigenvalue weighted by atomic mass is 19.1. The minimum Gasteiger partial charge on any atom is -0.493 e. The van der Waals surface area contributed by atoms with Crippen LogP contribution in [0.5, 0.6) is 5.75 Å². The fraction of sp³-hybridized carbons (Fsp3) is 0.519. The van der Waals surface area contributed by atoms with Crippen molar-refractivity contribution in [1.29, 1.82) is 0 Å². The van der Waals surface area contributed by atoms with Crippen molar-refractivity contribution < 1.29 is 23.4 Å². The lowest BCUT2D eigenvalue weighted by Crippen LogP contribution is -2.41. The van der Waals surface area contributed by atoms with Crippen LogP contribution in [-0.4, -0.2) is 71.9 Å². The number of rotatable bonds is 7. The van der Waals surface area contributed by atoms with Crippen LogP contribution in [0.1, 0.15) is 43.5 Å². The lowest BCUT2D eigenvalue weighted by atomic mass is 9.97. The Kier molecular flexibility index (Phi) is 7.53. The minimum atomic E-state index is -1.17. The molecule has 0 bridgehead atoms. The van der Waals surface area contributed by atoms with Gasteiger partial charge in [0, 0.05) is 19.6 Å². The Morgan fingerprint density at radius 3 is 2.32 bits per heavy atom. The molecule has 1 N–H and O–H groups in total. The number of hydrogen-bond donors (Lipinski definition) is 1. The fourth-order valence-corrected chi connectivity index (χ4v) is 4.77. The number of β-amino-alcohol motifs (C(OH)–C–C–N with tert-alkyl or cyclic N) is 1. The van der Waals surface area contributed by atoms with E-state index in [9.17, 15) is 18.7 Å². The van der Waals surface area contributed by atoms with Gasteiger partial charge in [-0.1, -0.05) is 18.2 Å². The first-order valence-corrected chi connectivity index (χ1v) is 12.1. The third-order valence-corrected chi connectivity index (χ3v) is 6.63. The lowest BCUT2D eigenvalue weighted by Gasteiger charge is -2.34. The van der Waals surface area contributed by atoms with Gasteiger partial charge in [0.15, 0.2) is 0 Å². The summed E-state index contributed by atoms with van der Waals surface area (Å²) in [5, 5.41) is 9.63. The molecule has 2 aromatic rings. The molecule has 1 amide bonds. The third-order valence-electron chi connectivity index (χ3n) is 6.63. The fourth-order valence-electron chi connectivity index (χ4n) is 4.77. The Hall–Kier alpha value is -2.51. The molecule has 4 rings (SSSR count). The number of benzene rings is 2. The number of amides is 1. The van der Waals surface area contributed by atoms with E-state index in [0.29, 0.717) is 37.6 Å². The van der Waals surface area contributed by atoms with Crippen LogP contribution in [0.2, 0.25) is 0 Å². The molecule has 0 aliphatic carbocycles. The van der Waals surface area contributed by atoms with E-state index in [-0.39, 0.29) is 18.0 Å². The summed E-state index contributed by atoms with van der Waals surface area (Å²) in [7, 11) is 0. The SMILES string of the molecule is CC(C)(F)CN1CCC(COc2ccc(-c3ccc(C(=O)N4CCC(O)C4)c(F)c3)cc2)CC1. The Morgan fingerprint density at radius 1 is 1.06 bits per heavy atom. The van der Waals surface area contributed by atoms with Gasteiger partial charge in [-0.05, 0) is 87.5 Å². The molecule has 0 radical (unpaired) electrons. The van der Waals surface area contributed by atoms with Crippen LogP contribution in [0.4, 0.5) is 8.78 Å². The number of alkyl halides is 1. The van der Waals surface area contributed by atoms with Gasteiger partial charge in [-0.15, -0.1) is 0 Å². The van der Waals surface area contributed by atoms with Crippen molar-refractivity contribution in [3.63, 3.8) is 0 Å². The summed E-state index contributed by atoms with van der Waals surface area (Å²) in [4.78, 5) is 16.2. The maximum absolute atomic E-state index is 14.7. The van der Waals surface area contributed by atoms with E-state index in [4.69, 9.17) is 4.74 Å². The lowest BCUT2D eigenvalue weighted by molar-refractivity contribution is 0.0760. The standard InChI is InChI=1S/C27H34F2N2O3/c1-27(2,29)18-30-12-9-19(10-13-30)17-34-23-6-3-20(4-7-23)21-5-8-24(25(28)15-21)26(33)31-14-11-22(32)16-31/h3-8,15,19,22,32H,9-14,16-18H2,1-2H3. The molecule has 1 unspecified atom stereocenters. The third kappa shape index (κ3) is 6.33. The zero-order valence-electron chi connectivity index (χ0n) is 20.0. The summed E-state index contributed by atoms with van der Waals surface area (Å²) in [5.74, 6) is 0.265. The number of carbonyl (C=O) groups is 1. The average molecular weight is 473 g/mol. The van der Waals surface area contributed by atoms with Gasteiger partial charge < -0.3 is 19.6 Å². The first-order chi connectivity index (χ1) is 16.2. The second-order valence-electron chi connectivity index (χ2n) is 10.2. The van der Waals surface area contributed by atoms with E-state index in [1.54, 1.807) is 19.9 Å². The minimum absolute atomic E-state index is 0.0268. The van der Waals surface area contributed by atoms with Crippen LogP contribution in [-0.2, 0) is 0 Å². The van der Waals surface area contributed by atoms with Gasteiger partial charge in [-0.3, -0.25) is 4.79 Å². The monoisotopic (exact) mass is 472 g/mol. The maximum atomic E-state index is 14.7. The molecule has 2 fully saturated rings. The highest BCUT2D eigenvalue weighted by Gasteiger charge is 2.27. The number of hydrogen-bond acceptors (Lipinski definition) is 4. The topological polar surface area (TPSA) is 53.0 Å². The van der Waals surface area contributed by atoms with Crippen molar-refractivity contribution in [2.75, 3.05) is 39.3 Å². The molecule has 5 nitrogen and oxygen atoms in total. The number of aliphatic hydroxyl groups excluding tert-OH is 1. The van der Waals surface area contributed by atoms with Crippen LogP contribution < -0.4 is 4.74 Å². The van der Waals surface area contributed by atoms with E-state index in [1.807, 2.05) is 24.3 Å². The number of piperidine rings is 1. The van der Waals surface area contributed by atoms with E-state index < -0.39 is 17.6 Å². The van der Waals surface area contributed by atoms with Gasteiger partial charge in [-0.25, -0.2) is 8.78 Å². The molecule has 0 aromatic heterocycles. The van der Waals surface area contributed by atoms with Crippen LogP contribution in [0.25, 0.3) is 11.1 Å². The molecule has 0 saturated carbocycles. The Labute approximate surface area is 200 Å². The molecule has 1 atom stereocenters. The first-order valence-electron chi connectivity index (χ1n) is 12.1. The molecule has 2 aliphatic rings. The van der Waals surface area contributed by atoms with Gasteiger partial charge in [0.25, 0.3) is 5.91 Å². The highest BCUT2D eigenvalue weighted by molar-refractivity contribution is 5.95. The summed E-state index contributed by atoms with van der Waals surface area (Å²) in [5.41, 5.74) is 0.384. The van der Waals surface area contributed by atoms with E-state index in [1.165, 1.54) is 17.0 Å². The van der Waals surface area contributed by atoms with Gasteiger partial charge in [0.1, 0.15) is 17.2 Å². The van der Waals surface area contributed by atoms with Gasteiger partial charge >= 0.3 is 0 Å². The number of carbonyl (C=O) groups excluding carboxylic acids is 1. The summed E-state index contributed by atoms with van der Waals surface area (Å²) in [6.07, 6.45) is 1.98. The summed E-state index contributed by atoms with van der Waals surface area (Å²) < 4.78 is 34.5. The van der Waals surface area contributed by atoms with E-state index in [0.717, 1.165) is 37.2 Å². The van der Waals surface area contributed by atoms with Crippen molar-refractivity contribution in [1.82, 2.24) is 9.80 Å². The predicted molar refractivity (Wildman–Crippen MR) is 128 cm³/mol. The number of likely N-dealkylation sites (tertiary alicyclic amines) is 2. The second kappa shape index (κ2) is 10.4. The van der Waals surface area contributed by atoms with Gasteiger partial charge in [0.2, 0.25) is 0 Å². The molecule has 2 aliphatic heterocycles. The predicted octanol–water partition coefficient (Wildman–Crippen LogP) is 4.54. The van der Waals surface area contributed by atoms with Crippen molar-refractivity contribution in [2.24, 2.45) is 5.92 Å². The van der Waals surface area contributed by atoms with Crippen LogP contribution in [0, 0.1) is 11.7 Å². The molecule has 184 valence electrons. The Bertz CT molecular complexity index is 982. The van der Waals surface area contributed by atoms with Crippen molar-refractivity contribution in [3.8, 4) is 16.9 Å². The zero-order valence-corrected chi connectivity index (χ0v) is 20.0. The number of halogens is 2. The largest absolute Gasteiger partial charge is 0.493 e. The average Bonchev–Trinajstić information content (AvgIpc) is 3.24. The Morgan fingerprint density at radius 2 is 1.74 bits per heavy atom. The van der Waals surface area contributed by atoms with Crippen LogP contribution in [0.3, 0.4) is 0 Å².